The minimum absolute atomic E-state index is 0.447. The van der Waals surface area contributed by atoms with Crippen molar-refractivity contribution in [1.29, 1.82) is 0 Å². The number of aromatic carboxylic acids is 1. The molecule has 0 saturated heterocycles. The zero-order chi connectivity index (χ0) is 13.4. The van der Waals surface area contributed by atoms with Crippen molar-refractivity contribution in [3.63, 3.8) is 0 Å². The highest BCUT2D eigenvalue weighted by atomic mass is 28.3. The van der Waals surface area contributed by atoms with Gasteiger partial charge < -0.3 is 5.11 Å². The molecule has 1 rings (SSSR count). The van der Waals surface area contributed by atoms with Crippen LogP contribution in [-0.4, -0.2) is 27.2 Å². The van der Waals surface area contributed by atoms with Gasteiger partial charge in [0.05, 0.1) is 21.7 Å². The number of hydrogen-bond donors (Lipinski definition) is 1. The summed E-state index contributed by atoms with van der Waals surface area (Å²) in [7, 11) is -2.92. The van der Waals surface area contributed by atoms with Crippen molar-refractivity contribution in [3.8, 4) is 0 Å². The van der Waals surface area contributed by atoms with Gasteiger partial charge >= 0.3 is 5.97 Å². The highest BCUT2D eigenvalue weighted by molar-refractivity contribution is 6.91. The van der Waals surface area contributed by atoms with E-state index in [0.29, 0.717) is 5.56 Å². The topological polar surface area (TPSA) is 37.3 Å². The predicted octanol–water partition coefficient (Wildman–Crippen LogP) is 2.48. The lowest BCUT2D eigenvalue weighted by Crippen LogP contribution is -2.45. The molecule has 0 amide bonds. The Bertz CT molecular complexity index is 407. The summed E-state index contributed by atoms with van der Waals surface area (Å²) in [6.07, 6.45) is 0. The lowest BCUT2D eigenvalue weighted by atomic mass is 10.2. The quantitative estimate of drug-likeness (QED) is 0.854. The van der Waals surface area contributed by atoms with Gasteiger partial charge in [-0.1, -0.05) is 55.7 Å². The molecular formula is C13H22O2Si2. The summed E-state index contributed by atoms with van der Waals surface area (Å²) in [6.45, 7) is 13.5. The van der Waals surface area contributed by atoms with Crippen LogP contribution in [0.2, 0.25) is 39.3 Å². The van der Waals surface area contributed by atoms with E-state index in [9.17, 15) is 9.90 Å². The molecule has 0 heterocycles. The Kier molecular flexibility index (Phi) is 3.69. The van der Waals surface area contributed by atoms with E-state index < -0.39 is 22.1 Å². The van der Waals surface area contributed by atoms with Crippen LogP contribution in [-0.2, 0) is 0 Å². The summed E-state index contributed by atoms with van der Waals surface area (Å²) in [5.41, 5.74) is 0.447. The maximum Gasteiger partial charge on any atom is 0.335 e. The molecule has 0 spiro atoms. The van der Waals surface area contributed by atoms with E-state index in [1.807, 2.05) is 12.1 Å². The fourth-order valence-electron chi connectivity index (χ4n) is 1.62. The van der Waals surface area contributed by atoms with Gasteiger partial charge in [0.25, 0.3) is 0 Å². The summed E-state index contributed by atoms with van der Waals surface area (Å²) in [4.78, 5) is 11.2. The maximum absolute atomic E-state index is 11.2. The van der Waals surface area contributed by atoms with Gasteiger partial charge in [0, 0.05) is 0 Å². The normalized spacial score (nSPS) is 12.6. The number of carbonyl (C=O) groups is 1. The molecule has 0 atom stereocenters. The highest BCUT2D eigenvalue weighted by Crippen LogP contribution is 2.08. The van der Waals surface area contributed by atoms with Crippen LogP contribution in [0.1, 0.15) is 10.4 Å². The Labute approximate surface area is 106 Å². The van der Waals surface area contributed by atoms with Gasteiger partial charge in [-0.25, -0.2) is 4.79 Å². The molecule has 2 nitrogen and oxygen atoms in total. The summed E-state index contributed by atoms with van der Waals surface area (Å²) in [5, 5.41) is 11.7. The van der Waals surface area contributed by atoms with E-state index in [1.54, 1.807) is 0 Å². The molecular weight excluding hydrogens is 244 g/mol. The van der Waals surface area contributed by atoms with Crippen molar-refractivity contribution in [2.75, 3.05) is 0 Å². The van der Waals surface area contributed by atoms with Gasteiger partial charge in [0.15, 0.2) is 0 Å². The summed E-state index contributed by atoms with van der Waals surface area (Å²) in [5.74, 6) is -0.815. The van der Waals surface area contributed by atoms with Gasteiger partial charge in [-0.05, 0) is 12.1 Å². The lowest BCUT2D eigenvalue weighted by molar-refractivity contribution is 0.0697. The number of carboxylic acids is 1. The van der Waals surface area contributed by atoms with Crippen LogP contribution >= 0.6 is 0 Å². The minimum Gasteiger partial charge on any atom is -0.478 e. The second-order valence-electron chi connectivity index (χ2n) is 6.60. The number of rotatable bonds is 3. The number of carboxylic acid groups (broad SMARTS) is 1. The first kappa shape index (κ1) is 14.2. The van der Waals surface area contributed by atoms with E-state index in [0.717, 1.165) is 0 Å². The minimum atomic E-state index is -1.46. The molecule has 0 bridgehead atoms. The molecule has 4 heteroatoms. The van der Waals surface area contributed by atoms with Gasteiger partial charge in [0.1, 0.15) is 0 Å². The van der Waals surface area contributed by atoms with Gasteiger partial charge in [0.2, 0.25) is 0 Å². The molecule has 0 unspecified atom stereocenters. The Morgan fingerprint density at radius 1 is 0.882 bits per heavy atom. The highest BCUT2D eigenvalue weighted by Gasteiger charge is 2.23. The summed E-state index contributed by atoms with van der Waals surface area (Å²) >= 11 is 0. The summed E-state index contributed by atoms with van der Waals surface area (Å²) in [6, 6.07) is 5.96. The van der Waals surface area contributed by atoms with E-state index >= 15 is 0 Å². The average Bonchev–Trinajstić information content (AvgIpc) is 2.14. The lowest BCUT2D eigenvalue weighted by Gasteiger charge is -2.23. The smallest absolute Gasteiger partial charge is 0.335 e. The molecule has 1 aromatic carbocycles. The van der Waals surface area contributed by atoms with Crippen LogP contribution in [0.3, 0.4) is 0 Å². The van der Waals surface area contributed by atoms with Crippen LogP contribution in [0, 0.1) is 0 Å². The Morgan fingerprint density at radius 3 is 1.47 bits per heavy atom. The molecule has 17 heavy (non-hydrogen) atoms. The molecule has 0 aliphatic rings. The van der Waals surface area contributed by atoms with Crippen LogP contribution < -0.4 is 10.4 Å². The maximum atomic E-state index is 11.2. The molecule has 0 aliphatic carbocycles. The molecule has 94 valence electrons. The van der Waals surface area contributed by atoms with Crippen molar-refractivity contribution >= 4 is 32.5 Å². The SMILES string of the molecule is C[Si](C)(C)c1cc(C(=O)O)cc([Si](C)(C)C)c1. The largest absolute Gasteiger partial charge is 0.478 e. The average molecular weight is 266 g/mol. The molecule has 0 aromatic heterocycles. The second kappa shape index (κ2) is 4.42. The monoisotopic (exact) mass is 266 g/mol. The van der Waals surface area contributed by atoms with Gasteiger partial charge in [-0.3, -0.25) is 0 Å². The van der Waals surface area contributed by atoms with Crippen molar-refractivity contribution in [2.24, 2.45) is 0 Å². The molecule has 0 saturated carbocycles. The van der Waals surface area contributed by atoms with E-state index in [2.05, 4.69) is 45.3 Å². The first-order valence-corrected chi connectivity index (χ1v) is 12.9. The Morgan fingerprint density at radius 2 is 1.24 bits per heavy atom. The van der Waals surface area contributed by atoms with Crippen molar-refractivity contribution in [3.05, 3.63) is 23.8 Å². The molecule has 1 aromatic rings. The Balaban J connectivity index is 3.45. The third-order valence-electron chi connectivity index (χ3n) is 2.91. The molecule has 0 aliphatic heterocycles. The second-order valence-corrected chi connectivity index (χ2v) is 16.8. The van der Waals surface area contributed by atoms with Crippen LogP contribution in [0.25, 0.3) is 0 Å². The van der Waals surface area contributed by atoms with Crippen LogP contribution in [0.5, 0.6) is 0 Å². The predicted molar refractivity (Wildman–Crippen MR) is 79.4 cm³/mol. The van der Waals surface area contributed by atoms with Gasteiger partial charge in [-0.15, -0.1) is 0 Å². The van der Waals surface area contributed by atoms with Crippen LogP contribution in [0.4, 0.5) is 0 Å². The van der Waals surface area contributed by atoms with Crippen LogP contribution in [0.15, 0.2) is 18.2 Å². The zero-order valence-corrected chi connectivity index (χ0v) is 13.6. The van der Waals surface area contributed by atoms with Crippen molar-refractivity contribution in [1.82, 2.24) is 0 Å². The number of hydrogen-bond acceptors (Lipinski definition) is 1. The van der Waals surface area contributed by atoms with Gasteiger partial charge in [-0.2, -0.15) is 0 Å². The third kappa shape index (κ3) is 3.54. The van der Waals surface area contributed by atoms with Crippen molar-refractivity contribution < 1.29 is 9.90 Å². The summed E-state index contributed by atoms with van der Waals surface area (Å²) < 4.78 is 0. The fraction of sp³-hybridized carbons (Fsp3) is 0.462. The molecule has 0 fully saturated rings. The van der Waals surface area contributed by atoms with Crippen molar-refractivity contribution in [2.45, 2.75) is 39.3 Å². The third-order valence-corrected chi connectivity index (χ3v) is 6.95. The fourth-order valence-corrected chi connectivity index (χ4v) is 4.12. The van der Waals surface area contributed by atoms with E-state index in [4.69, 9.17) is 0 Å². The standard InChI is InChI=1S/C13H22O2Si2/c1-16(2,3)11-7-10(13(14)15)8-12(9-11)17(4,5)6/h7-9H,1-6H3,(H,14,15). The molecule has 0 radical (unpaired) electrons. The first-order chi connectivity index (χ1) is 7.51. The number of benzene rings is 1. The van der Waals surface area contributed by atoms with E-state index in [-0.39, 0.29) is 0 Å². The van der Waals surface area contributed by atoms with E-state index in [1.165, 1.54) is 10.4 Å². The molecule has 1 N–H and O–H groups in total. The zero-order valence-electron chi connectivity index (χ0n) is 11.6. The first-order valence-electron chi connectivity index (χ1n) is 5.91. The Hall–Kier alpha value is -0.876.